The Bertz CT molecular complexity index is 627. The van der Waals surface area contributed by atoms with E-state index in [4.69, 9.17) is 16.3 Å². The molecule has 2 N–H and O–H groups in total. The molecule has 124 valence electrons. The maximum Gasteiger partial charge on any atom is 0.191 e. The van der Waals surface area contributed by atoms with Crippen molar-refractivity contribution in [1.82, 2.24) is 15.6 Å². The molecule has 7 heteroatoms. The van der Waals surface area contributed by atoms with E-state index in [9.17, 15) is 0 Å². The normalized spacial score (nSPS) is 11.3. The summed E-state index contributed by atoms with van der Waals surface area (Å²) in [5, 5.41) is 10.4. The molecule has 23 heavy (non-hydrogen) atoms. The number of nitrogens with zero attached hydrogens (tertiary/aromatic N) is 2. The summed E-state index contributed by atoms with van der Waals surface area (Å²) >= 11 is 7.51. The summed E-state index contributed by atoms with van der Waals surface area (Å²) < 4.78 is 5.62. The van der Waals surface area contributed by atoms with Gasteiger partial charge in [-0.1, -0.05) is 11.6 Å². The summed E-state index contributed by atoms with van der Waals surface area (Å²) in [6.45, 7) is 4.02. The maximum absolute atomic E-state index is 5.83. The second-order valence-electron chi connectivity index (χ2n) is 4.84. The number of nitrogens with one attached hydrogen (secondary N) is 2. The average molecular weight is 353 g/mol. The number of halogens is 1. The van der Waals surface area contributed by atoms with Gasteiger partial charge in [0.2, 0.25) is 0 Å². The SMILES string of the molecule is CN=C(NCCOc1ccc(Cl)cc1)NCCc1csc(C)n1. The van der Waals surface area contributed by atoms with Gasteiger partial charge in [-0.3, -0.25) is 4.99 Å². The molecule has 0 saturated carbocycles. The van der Waals surface area contributed by atoms with E-state index in [0.717, 1.165) is 35.4 Å². The Morgan fingerprint density at radius 2 is 2.00 bits per heavy atom. The van der Waals surface area contributed by atoms with Crippen LogP contribution in [0.2, 0.25) is 5.02 Å². The van der Waals surface area contributed by atoms with Crippen molar-refractivity contribution in [2.75, 3.05) is 26.7 Å². The van der Waals surface area contributed by atoms with Gasteiger partial charge in [-0.25, -0.2) is 4.98 Å². The van der Waals surface area contributed by atoms with Crippen molar-refractivity contribution >= 4 is 28.9 Å². The second kappa shape index (κ2) is 9.37. The zero-order valence-corrected chi connectivity index (χ0v) is 14.9. The number of hydrogen-bond donors (Lipinski definition) is 2. The van der Waals surface area contributed by atoms with E-state index in [1.807, 2.05) is 31.2 Å². The van der Waals surface area contributed by atoms with Gasteiger partial charge in [0, 0.05) is 30.4 Å². The molecule has 1 aromatic carbocycles. The zero-order valence-electron chi connectivity index (χ0n) is 13.3. The van der Waals surface area contributed by atoms with Crippen molar-refractivity contribution in [1.29, 1.82) is 0 Å². The molecular formula is C16H21ClN4OS. The van der Waals surface area contributed by atoms with E-state index in [-0.39, 0.29) is 0 Å². The molecule has 0 aliphatic heterocycles. The predicted molar refractivity (Wildman–Crippen MR) is 96.9 cm³/mol. The first-order chi connectivity index (χ1) is 11.2. The third kappa shape index (κ3) is 6.46. The smallest absolute Gasteiger partial charge is 0.191 e. The molecule has 0 atom stereocenters. The summed E-state index contributed by atoms with van der Waals surface area (Å²) in [5.74, 6) is 1.56. The third-order valence-corrected chi connectivity index (χ3v) is 4.11. The van der Waals surface area contributed by atoms with Crippen LogP contribution in [-0.4, -0.2) is 37.7 Å². The quantitative estimate of drug-likeness (QED) is 0.457. The van der Waals surface area contributed by atoms with Gasteiger partial charge < -0.3 is 15.4 Å². The van der Waals surface area contributed by atoms with E-state index in [1.54, 1.807) is 18.4 Å². The van der Waals surface area contributed by atoms with Gasteiger partial charge in [-0.2, -0.15) is 0 Å². The lowest BCUT2D eigenvalue weighted by Gasteiger charge is -2.12. The minimum Gasteiger partial charge on any atom is -0.492 e. The molecule has 0 bridgehead atoms. The molecule has 0 saturated heterocycles. The first-order valence-electron chi connectivity index (χ1n) is 7.41. The van der Waals surface area contributed by atoms with Crippen molar-refractivity contribution < 1.29 is 4.74 Å². The first-order valence-corrected chi connectivity index (χ1v) is 8.67. The van der Waals surface area contributed by atoms with Crippen LogP contribution in [0.5, 0.6) is 5.75 Å². The number of aromatic nitrogens is 1. The van der Waals surface area contributed by atoms with Crippen LogP contribution in [-0.2, 0) is 6.42 Å². The van der Waals surface area contributed by atoms with E-state index in [1.165, 1.54) is 0 Å². The molecule has 0 aliphatic carbocycles. The van der Waals surface area contributed by atoms with Crippen molar-refractivity contribution in [2.45, 2.75) is 13.3 Å². The Hall–Kier alpha value is -1.79. The molecule has 2 rings (SSSR count). The van der Waals surface area contributed by atoms with Gasteiger partial charge in [0.05, 0.1) is 17.2 Å². The summed E-state index contributed by atoms with van der Waals surface area (Å²) in [6, 6.07) is 7.33. The van der Waals surface area contributed by atoms with Gasteiger partial charge in [-0.15, -0.1) is 11.3 Å². The number of benzene rings is 1. The Morgan fingerprint density at radius 3 is 2.65 bits per heavy atom. The highest BCUT2D eigenvalue weighted by molar-refractivity contribution is 7.09. The van der Waals surface area contributed by atoms with Crippen LogP contribution in [0.3, 0.4) is 0 Å². The predicted octanol–water partition coefficient (Wildman–Crippen LogP) is 2.89. The standard InChI is InChI=1S/C16H21ClN4OS/c1-12-21-14(11-23-12)7-8-19-16(18-2)20-9-10-22-15-5-3-13(17)4-6-15/h3-6,11H,7-10H2,1-2H3,(H2,18,19,20). The van der Waals surface area contributed by atoms with Crippen molar-refractivity contribution in [3.8, 4) is 5.75 Å². The zero-order chi connectivity index (χ0) is 16.5. The first kappa shape index (κ1) is 17.6. The fourth-order valence-corrected chi connectivity index (χ4v) is 2.69. The van der Waals surface area contributed by atoms with Crippen LogP contribution < -0.4 is 15.4 Å². The van der Waals surface area contributed by atoms with Crippen LogP contribution >= 0.6 is 22.9 Å². The van der Waals surface area contributed by atoms with E-state index < -0.39 is 0 Å². The lowest BCUT2D eigenvalue weighted by molar-refractivity contribution is 0.322. The molecular weight excluding hydrogens is 332 g/mol. The van der Waals surface area contributed by atoms with Crippen LogP contribution in [0.4, 0.5) is 0 Å². The summed E-state index contributed by atoms with van der Waals surface area (Å²) in [6.07, 6.45) is 0.881. The van der Waals surface area contributed by atoms with Crippen LogP contribution in [0.15, 0.2) is 34.6 Å². The number of guanidine groups is 1. The van der Waals surface area contributed by atoms with Crippen LogP contribution in [0, 0.1) is 6.92 Å². The maximum atomic E-state index is 5.83. The Labute approximate surface area is 145 Å². The molecule has 1 heterocycles. The Kier molecular flexibility index (Phi) is 7.16. The number of rotatable bonds is 7. The Balaban J connectivity index is 1.62. The third-order valence-electron chi connectivity index (χ3n) is 3.04. The van der Waals surface area contributed by atoms with Crippen molar-refractivity contribution in [2.24, 2.45) is 4.99 Å². The summed E-state index contributed by atoms with van der Waals surface area (Å²) in [5.41, 5.74) is 1.11. The number of hydrogen-bond acceptors (Lipinski definition) is 4. The van der Waals surface area contributed by atoms with Crippen molar-refractivity contribution in [3.63, 3.8) is 0 Å². The van der Waals surface area contributed by atoms with Crippen LogP contribution in [0.1, 0.15) is 10.7 Å². The number of aryl methyl sites for hydroxylation is 1. The topological polar surface area (TPSA) is 58.5 Å². The highest BCUT2D eigenvalue weighted by Gasteiger charge is 2.01. The number of thiazole rings is 1. The molecule has 0 fully saturated rings. The lowest BCUT2D eigenvalue weighted by atomic mass is 10.3. The van der Waals surface area contributed by atoms with Crippen molar-refractivity contribution in [3.05, 3.63) is 45.4 Å². The monoisotopic (exact) mass is 352 g/mol. The van der Waals surface area contributed by atoms with Gasteiger partial charge in [-0.05, 0) is 31.2 Å². The average Bonchev–Trinajstić information content (AvgIpc) is 2.97. The van der Waals surface area contributed by atoms with E-state index in [2.05, 4.69) is 26.0 Å². The highest BCUT2D eigenvalue weighted by atomic mass is 35.5. The molecule has 0 spiro atoms. The summed E-state index contributed by atoms with van der Waals surface area (Å²) in [7, 11) is 1.75. The molecule has 1 aromatic heterocycles. The van der Waals surface area contributed by atoms with E-state index >= 15 is 0 Å². The highest BCUT2D eigenvalue weighted by Crippen LogP contribution is 2.15. The van der Waals surface area contributed by atoms with E-state index in [0.29, 0.717) is 18.2 Å². The summed E-state index contributed by atoms with van der Waals surface area (Å²) in [4.78, 5) is 8.62. The fraction of sp³-hybridized carbons (Fsp3) is 0.375. The fourth-order valence-electron chi connectivity index (χ4n) is 1.92. The largest absolute Gasteiger partial charge is 0.492 e. The molecule has 0 aliphatic rings. The molecule has 0 amide bonds. The number of ether oxygens (including phenoxy) is 1. The molecule has 5 nitrogen and oxygen atoms in total. The molecule has 0 unspecified atom stereocenters. The van der Waals surface area contributed by atoms with Gasteiger partial charge in [0.25, 0.3) is 0 Å². The van der Waals surface area contributed by atoms with Crippen LogP contribution in [0.25, 0.3) is 0 Å². The Morgan fingerprint density at radius 1 is 1.26 bits per heavy atom. The minimum absolute atomic E-state index is 0.549. The number of aliphatic imine (C=N–C) groups is 1. The molecule has 0 radical (unpaired) electrons. The second-order valence-corrected chi connectivity index (χ2v) is 6.33. The molecule has 2 aromatic rings. The van der Waals surface area contributed by atoms with Gasteiger partial charge in [0.15, 0.2) is 5.96 Å². The van der Waals surface area contributed by atoms with Gasteiger partial charge >= 0.3 is 0 Å². The lowest BCUT2D eigenvalue weighted by Crippen LogP contribution is -2.40. The van der Waals surface area contributed by atoms with Gasteiger partial charge in [0.1, 0.15) is 12.4 Å². The minimum atomic E-state index is 0.549.